The molecular weight excluding hydrogens is 302 g/mol. The van der Waals surface area contributed by atoms with Crippen LogP contribution in [-0.4, -0.2) is 62.0 Å². The first-order valence-electron chi connectivity index (χ1n) is 6.15. The molecule has 1 aliphatic rings. The van der Waals surface area contributed by atoms with Crippen molar-refractivity contribution in [2.45, 2.75) is 30.7 Å². The molecule has 120 valence electrons. The minimum atomic E-state index is -1.80. The summed E-state index contributed by atoms with van der Waals surface area (Å²) in [5.41, 5.74) is -0.181. The molecule has 0 aliphatic carbocycles. The molecule has 0 amide bonds. The van der Waals surface area contributed by atoms with Crippen LogP contribution in [0.5, 0.6) is 5.75 Å². The second kappa shape index (κ2) is 6.23. The van der Waals surface area contributed by atoms with Crippen LogP contribution >= 0.6 is 0 Å². The van der Waals surface area contributed by atoms with Crippen molar-refractivity contribution in [1.29, 1.82) is 0 Å². The number of aliphatic carboxylic acids is 1. The number of aliphatic hydroxyl groups excluding tert-OH is 3. The zero-order chi connectivity index (χ0) is 16.4. The maximum atomic E-state index is 10.8. The molecule has 4 N–H and O–H groups in total. The molecule has 0 bridgehead atoms. The van der Waals surface area contributed by atoms with Crippen LogP contribution < -0.4 is 4.74 Å². The summed E-state index contributed by atoms with van der Waals surface area (Å²) in [5.74, 6) is -1.47. The predicted molar refractivity (Wildman–Crippen MR) is 68.0 cm³/mol. The van der Waals surface area contributed by atoms with Gasteiger partial charge < -0.3 is 29.9 Å². The SMILES string of the molecule is O=C(O)[C@H]1O[C@@H](O)[C@H](Oc2ccc([N+](=O)[O-])cc2)[C@@H](O)[C@@H]1O. The summed E-state index contributed by atoms with van der Waals surface area (Å²) in [4.78, 5) is 20.7. The van der Waals surface area contributed by atoms with E-state index in [9.17, 15) is 30.2 Å². The van der Waals surface area contributed by atoms with Crippen molar-refractivity contribution in [2.24, 2.45) is 0 Å². The number of nitro groups is 1. The third-order valence-electron chi connectivity index (χ3n) is 3.13. The Labute approximate surface area is 123 Å². The van der Waals surface area contributed by atoms with E-state index in [0.29, 0.717) is 0 Å². The van der Waals surface area contributed by atoms with Gasteiger partial charge in [0.05, 0.1) is 4.92 Å². The van der Waals surface area contributed by atoms with Crippen LogP contribution in [0.4, 0.5) is 5.69 Å². The molecule has 1 aromatic carbocycles. The monoisotopic (exact) mass is 315 g/mol. The highest BCUT2D eigenvalue weighted by molar-refractivity contribution is 5.73. The molecule has 10 heteroatoms. The van der Waals surface area contributed by atoms with Gasteiger partial charge >= 0.3 is 5.97 Å². The zero-order valence-corrected chi connectivity index (χ0v) is 11.0. The second-order valence-corrected chi connectivity index (χ2v) is 4.60. The quantitative estimate of drug-likeness (QED) is 0.398. The first kappa shape index (κ1) is 16.1. The Morgan fingerprint density at radius 3 is 2.27 bits per heavy atom. The van der Waals surface area contributed by atoms with E-state index in [1.54, 1.807) is 0 Å². The van der Waals surface area contributed by atoms with Crippen molar-refractivity contribution in [3.63, 3.8) is 0 Å². The first-order valence-corrected chi connectivity index (χ1v) is 6.15. The fourth-order valence-corrected chi connectivity index (χ4v) is 1.99. The number of aliphatic hydroxyl groups is 3. The van der Waals surface area contributed by atoms with Gasteiger partial charge in [-0.05, 0) is 12.1 Å². The van der Waals surface area contributed by atoms with Gasteiger partial charge in [0.25, 0.3) is 5.69 Å². The number of rotatable bonds is 4. The van der Waals surface area contributed by atoms with Gasteiger partial charge in [0, 0.05) is 12.1 Å². The summed E-state index contributed by atoms with van der Waals surface area (Å²) in [7, 11) is 0. The first-order chi connectivity index (χ1) is 10.3. The fourth-order valence-electron chi connectivity index (χ4n) is 1.99. The van der Waals surface area contributed by atoms with Gasteiger partial charge in [-0.2, -0.15) is 0 Å². The van der Waals surface area contributed by atoms with Crippen LogP contribution in [0.2, 0.25) is 0 Å². The van der Waals surface area contributed by atoms with E-state index < -0.39 is 41.6 Å². The van der Waals surface area contributed by atoms with Gasteiger partial charge in [-0.1, -0.05) is 0 Å². The minimum Gasteiger partial charge on any atom is -0.482 e. The van der Waals surface area contributed by atoms with Gasteiger partial charge in [-0.3, -0.25) is 10.1 Å². The molecule has 22 heavy (non-hydrogen) atoms. The van der Waals surface area contributed by atoms with Crippen molar-refractivity contribution in [3.8, 4) is 5.75 Å². The van der Waals surface area contributed by atoms with Gasteiger partial charge in [0.15, 0.2) is 18.5 Å². The van der Waals surface area contributed by atoms with E-state index >= 15 is 0 Å². The Balaban J connectivity index is 2.12. The number of nitrogens with zero attached hydrogens (tertiary/aromatic N) is 1. The highest BCUT2D eigenvalue weighted by atomic mass is 16.7. The number of ether oxygens (including phenoxy) is 2. The van der Waals surface area contributed by atoms with Crippen LogP contribution in [0, 0.1) is 10.1 Å². The van der Waals surface area contributed by atoms with Crippen molar-refractivity contribution in [2.75, 3.05) is 0 Å². The maximum Gasteiger partial charge on any atom is 0.335 e. The number of hydrogen-bond acceptors (Lipinski definition) is 8. The van der Waals surface area contributed by atoms with Crippen molar-refractivity contribution in [3.05, 3.63) is 34.4 Å². The molecule has 10 nitrogen and oxygen atoms in total. The topological polar surface area (TPSA) is 160 Å². The molecule has 0 saturated carbocycles. The standard InChI is InChI=1S/C12H13NO9/c14-7-8(15)10(12(18)22-9(7)11(16)17)21-6-3-1-5(2-4-6)13(19)20/h1-4,7-10,12,14-15,18H,(H,16,17)/t7-,8-,9-,10+,12+/m0/s1. The third-order valence-corrected chi connectivity index (χ3v) is 3.13. The number of nitro benzene ring substituents is 1. The molecule has 1 aromatic rings. The lowest BCUT2D eigenvalue weighted by molar-refractivity contribution is -0.384. The van der Waals surface area contributed by atoms with Crippen molar-refractivity contribution >= 4 is 11.7 Å². The molecule has 1 saturated heterocycles. The lowest BCUT2D eigenvalue weighted by atomic mass is 9.99. The van der Waals surface area contributed by atoms with Gasteiger partial charge in [0.1, 0.15) is 18.0 Å². The van der Waals surface area contributed by atoms with E-state index in [2.05, 4.69) is 4.74 Å². The van der Waals surface area contributed by atoms with Crippen LogP contribution in [0.3, 0.4) is 0 Å². The van der Waals surface area contributed by atoms with E-state index in [1.807, 2.05) is 0 Å². The summed E-state index contributed by atoms with van der Waals surface area (Å²) < 4.78 is 9.90. The number of carboxylic acids is 1. The lowest BCUT2D eigenvalue weighted by Crippen LogP contribution is -2.61. The average molecular weight is 315 g/mol. The van der Waals surface area contributed by atoms with Crippen LogP contribution in [0.15, 0.2) is 24.3 Å². The van der Waals surface area contributed by atoms with Crippen LogP contribution in [-0.2, 0) is 9.53 Å². The van der Waals surface area contributed by atoms with Gasteiger partial charge in [-0.15, -0.1) is 0 Å². The number of hydrogen-bond donors (Lipinski definition) is 4. The molecule has 0 unspecified atom stereocenters. The van der Waals surface area contributed by atoms with Crippen molar-refractivity contribution in [1.82, 2.24) is 0 Å². The van der Waals surface area contributed by atoms with Crippen LogP contribution in [0.25, 0.3) is 0 Å². The number of benzene rings is 1. The molecule has 1 heterocycles. The second-order valence-electron chi connectivity index (χ2n) is 4.60. The highest BCUT2D eigenvalue weighted by Crippen LogP contribution is 2.26. The van der Waals surface area contributed by atoms with E-state index in [0.717, 1.165) is 12.1 Å². The molecule has 1 fully saturated rings. The molecule has 2 rings (SSSR count). The lowest BCUT2D eigenvalue weighted by Gasteiger charge is -2.38. The normalized spacial score (nSPS) is 31.5. The summed E-state index contributed by atoms with van der Waals surface area (Å²) in [6.45, 7) is 0. The van der Waals surface area contributed by atoms with Gasteiger partial charge in [0.2, 0.25) is 0 Å². The van der Waals surface area contributed by atoms with Crippen LogP contribution in [0.1, 0.15) is 0 Å². The van der Waals surface area contributed by atoms with E-state index in [4.69, 9.17) is 9.84 Å². The summed E-state index contributed by atoms with van der Waals surface area (Å²) in [6.07, 6.45) is -8.56. The smallest absolute Gasteiger partial charge is 0.335 e. The Morgan fingerprint density at radius 1 is 1.18 bits per heavy atom. The van der Waals surface area contributed by atoms with E-state index in [1.165, 1.54) is 12.1 Å². The summed E-state index contributed by atoms with van der Waals surface area (Å²) >= 11 is 0. The largest absolute Gasteiger partial charge is 0.482 e. The van der Waals surface area contributed by atoms with Crippen molar-refractivity contribution < 1.29 is 39.6 Å². The van der Waals surface area contributed by atoms with E-state index in [-0.39, 0.29) is 11.4 Å². The average Bonchev–Trinajstić information content (AvgIpc) is 2.47. The summed E-state index contributed by atoms with van der Waals surface area (Å²) in [5, 5.41) is 48.5. The fraction of sp³-hybridized carbons (Fsp3) is 0.417. The minimum absolute atomic E-state index is 0.0678. The Morgan fingerprint density at radius 2 is 1.77 bits per heavy atom. The number of carbonyl (C=O) groups is 1. The Bertz CT molecular complexity index is 560. The maximum absolute atomic E-state index is 10.8. The Hall–Kier alpha value is -2.27. The molecule has 5 atom stereocenters. The number of non-ortho nitro benzene ring substituents is 1. The molecule has 1 aliphatic heterocycles. The van der Waals surface area contributed by atoms with Gasteiger partial charge in [-0.25, -0.2) is 4.79 Å². The Kier molecular flexibility index (Phi) is 4.56. The summed E-state index contributed by atoms with van der Waals surface area (Å²) in [6, 6.07) is 4.75. The predicted octanol–water partition coefficient (Wildman–Crippen LogP) is -1.13. The molecular formula is C12H13NO9. The highest BCUT2D eigenvalue weighted by Gasteiger charge is 2.48. The number of carboxylic acid groups (broad SMARTS) is 1. The third kappa shape index (κ3) is 3.14. The molecule has 0 aromatic heterocycles. The zero-order valence-electron chi connectivity index (χ0n) is 11.0. The molecule has 0 radical (unpaired) electrons. The molecule has 0 spiro atoms.